The van der Waals surface area contributed by atoms with Crippen LogP contribution < -0.4 is 14.8 Å². The van der Waals surface area contributed by atoms with E-state index in [1.54, 1.807) is 32.4 Å². The second-order valence-corrected chi connectivity index (χ2v) is 6.86. The van der Waals surface area contributed by atoms with Crippen molar-refractivity contribution in [3.8, 4) is 11.5 Å². The van der Waals surface area contributed by atoms with Gasteiger partial charge in [-0.1, -0.05) is 30.3 Å². The van der Waals surface area contributed by atoms with Crippen molar-refractivity contribution in [1.82, 2.24) is 10.2 Å². The molecule has 0 bridgehead atoms. The van der Waals surface area contributed by atoms with Gasteiger partial charge >= 0.3 is 0 Å². The highest BCUT2D eigenvalue weighted by molar-refractivity contribution is 5.92. The Labute approximate surface area is 172 Å². The standard InChI is InChI=1S/C23H28N2O4/c1-27-20-14-18(15-21(16-20)28-2)8-9-23(26)24-22(19-6-4-3-5-7-19)17-25-10-12-29-13-11-25/h3-9,14-16,22H,10-13,17H2,1-2H3,(H,24,26)/b9-8+. The average Bonchev–Trinajstić information content (AvgIpc) is 2.78. The predicted octanol–water partition coefficient (Wildman–Crippen LogP) is 2.91. The van der Waals surface area contributed by atoms with Crippen LogP contribution in [0.25, 0.3) is 6.08 Å². The van der Waals surface area contributed by atoms with Gasteiger partial charge in [0.2, 0.25) is 5.91 Å². The summed E-state index contributed by atoms with van der Waals surface area (Å²) in [6.45, 7) is 3.96. The number of hydrogen-bond acceptors (Lipinski definition) is 5. The third-order valence-electron chi connectivity index (χ3n) is 4.86. The zero-order valence-electron chi connectivity index (χ0n) is 17.0. The summed E-state index contributed by atoms with van der Waals surface area (Å²) in [4.78, 5) is 15.0. The van der Waals surface area contributed by atoms with Gasteiger partial charge in [-0.05, 0) is 29.3 Å². The highest BCUT2D eigenvalue weighted by atomic mass is 16.5. The van der Waals surface area contributed by atoms with Crippen LogP contribution in [0.2, 0.25) is 0 Å². The summed E-state index contributed by atoms with van der Waals surface area (Å²) < 4.78 is 16.0. The number of rotatable bonds is 8. The first kappa shape index (κ1) is 20.9. The molecule has 2 aromatic rings. The Kier molecular flexibility index (Phi) is 7.67. The molecule has 1 amide bonds. The molecule has 1 atom stereocenters. The van der Waals surface area contributed by atoms with Crippen LogP contribution in [0, 0.1) is 0 Å². The molecule has 1 saturated heterocycles. The van der Waals surface area contributed by atoms with E-state index in [2.05, 4.69) is 10.2 Å². The summed E-state index contributed by atoms with van der Waals surface area (Å²) in [7, 11) is 3.20. The van der Waals surface area contributed by atoms with Gasteiger partial charge in [-0.3, -0.25) is 9.69 Å². The summed E-state index contributed by atoms with van der Waals surface area (Å²) in [6.07, 6.45) is 3.31. The minimum Gasteiger partial charge on any atom is -0.497 e. The van der Waals surface area contributed by atoms with Crippen molar-refractivity contribution in [3.05, 3.63) is 65.7 Å². The van der Waals surface area contributed by atoms with E-state index in [0.29, 0.717) is 11.5 Å². The molecule has 29 heavy (non-hydrogen) atoms. The van der Waals surface area contributed by atoms with Gasteiger partial charge in [-0.25, -0.2) is 0 Å². The molecule has 1 aliphatic rings. The Morgan fingerprint density at radius 2 is 1.76 bits per heavy atom. The molecule has 154 valence electrons. The van der Waals surface area contributed by atoms with E-state index < -0.39 is 0 Å². The van der Waals surface area contributed by atoms with Gasteiger partial charge in [0, 0.05) is 31.8 Å². The molecule has 1 fully saturated rings. The fraction of sp³-hybridized carbons (Fsp3) is 0.348. The number of amides is 1. The largest absolute Gasteiger partial charge is 0.497 e. The van der Waals surface area contributed by atoms with Crippen molar-refractivity contribution in [3.63, 3.8) is 0 Å². The zero-order chi connectivity index (χ0) is 20.5. The molecular weight excluding hydrogens is 368 g/mol. The van der Waals surface area contributed by atoms with Gasteiger partial charge in [-0.2, -0.15) is 0 Å². The van der Waals surface area contributed by atoms with Crippen LogP contribution in [-0.2, 0) is 9.53 Å². The average molecular weight is 396 g/mol. The first-order valence-electron chi connectivity index (χ1n) is 9.74. The van der Waals surface area contributed by atoms with E-state index in [9.17, 15) is 4.79 Å². The lowest BCUT2D eigenvalue weighted by atomic mass is 10.1. The van der Waals surface area contributed by atoms with Crippen molar-refractivity contribution in [2.45, 2.75) is 6.04 Å². The number of carbonyl (C=O) groups excluding carboxylic acids is 1. The fourth-order valence-electron chi connectivity index (χ4n) is 3.28. The predicted molar refractivity (Wildman–Crippen MR) is 113 cm³/mol. The van der Waals surface area contributed by atoms with E-state index in [-0.39, 0.29) is 11.9 Å². The van der Waals surface area contributed by atoms with Gasteiger partial charge in [0.15, 0.2) is 0 Å². The Morgan fingerprint density at radius 3 is 2.38 bits per heavy atom. The number of ether oxygens (including phenoxy) is 3. The molecule has 1 unspecified atom stereocenters. The number of hydrogen-bond donors (Lipinski definition) is 1. The highest BCUT2D eigenvalue weighted by Gasteiger charge is 2.19. The quantitative estimate of drug-likeness (QED) is 0.696. The molecule has 6 nitrogen and oxygen atoms in total. The van der Waals surface area contributed by atoms with E-state index in [1.807, 2.05) is 42.5 Å². The van der Waals surface area contributed by atoms with Crippen LogP contribution >= 0.6 is 0 Å². The molecule has 0 saturated carbocycles. The van der Waals surface area contributed by atoms with Crippen LogP contribution in [0.15, 0.2) is 54.6 Å². The van der Waals surface area contributed by atoms with Crippen molar-refractivity contribution in [1.29, 1.82) is 0 Å². The van der Waals surface area contributed by atoms with Crippen molar-refractivity contribution in [2.24, 2.45) is 0 Å². The molecule has 0 aromatic heterocycles. The normalized spacial score (nSPS) is 15.8. The van der Waals surface area contributed by atoms with Crippen LogP contribution in [0.5, 0.6) is 11.5 Å². The summed E-state index contributed by atoms with van der Waals surface area (Å²) in [5.41, 5.74) is 1.92. The molecule has 0 aliphatic carbocycles. The summed E-state index contributed by atoms with van der Waals surface area (Å²) in [5.74, 6) is 1.21. The monoisotopic (exact) mass is 396 g/mol. The van der Waals surface area contributed by atoms with E-state index in [1.165, 1.54) is 0 Å². The maximum atomic E-state index is 12.6. The number of nitrogens with one attached hydrogen (secondary N) is 1. The molecule has 1 heterocycles. The summed E-state index contributed by atoms with van der Waals surface area (Å²) >= 11 is 0. The lowest BCUT2D eigenvalue weighted by Gasteiger charge is -2.31. The Bertz CT molecular complexity index is 795. The molecule has 6 heteroatoms. The van der Waals surface area contributed by atoms with Gasteiger partial charge in [0.25, 0.3) is 0 Å². The first-order valence-corrected chi connectivity index (χ1v) is 9.74. The van der Waals surface area contributed by atoms with Crippen molar-refractivity contribution in [2.75, 3.05) is 47.1 Å². The van der Waals surface area contributed by atoms with Gasteiger partial charge in [0.1, 0.15) is 11.5 Å². The molecular formula is C23H28N2O4. The molecule has 1 aliphatic heterocycles. The maximum absolute atomic E-state index is 12.6. The third-order valence-corrected chi connectivity index (χ3v) is 4.86. The number of morpholine rings is 1. The zero-order valence-corrected chi connectivity index (χ0v) is 17.0. The lowest BCUT2D eigenvalue weighted by Crippen LogP contribution is -2.42. The first-order chi connectivity index (χ1) is 14.2. The van der Waals surface area contributed by atoms with E-state index in [4.69, 9.17) is 14.2 Å². The minimum absolute atomic E-state index is 0.0914. The number of nitrogens with zero attached hydrogens (tertiary/aromatic N) is 1. The number of methoxy groups -OCH3 is 2. The Morgan fingerprint density at radius 1 is 1.10 bits per heavy atom. The third kappa shape index (κ3) is 6.34. The maximum Gasteiger partial charge on any atom is 0.244 e. The molecule has 3 rings (SSSR count). The van der Waals surface area contributed by atoms with Gasteiger partial charge in [0.05, 0.1) is 33.5 Å². The minimum atomic E-state index is -0.145. The van der Waals surface area contributed by atoms with Crippen molar-refractivity contribution < 1.29 is 19.0 Å². The molecule has 2 aromatic carbocycles. The van der Waals surface area contributed by atoms with Crippen LogP contribution in [0.3, 0.4) is 0 Å². The number of carbonyl (C=O) groups is 1. The van der Waals surface area contributed by atoms with E-state index in [0.717, 1.165) is 44.0 Å². The topological polar surface area (TPSA) is 60.0 Å². The Hall–Kier alpha value is -2.83. The van der Waals surface area contributed by atoms with Crippen LogP contribution in [-0.4, -0.2) is 57.9 Å². The molecule has 0 spiro atoms. The van der Waals surface area contributed by atoms with Gasteiger partial charge < -0.3 is 19.5 Å². The smallest absolute Gasteiger partial charge is 0.244 e. The second-order valence-electron chi connectivity index (χ2n) is 6.86. The van der Waals surface area contributed by atoms with Crippen LogP contribution in [0.4, 0.5) is 0 Å². The van der Waals surface area contributed by atoms with Gasteiger partial charge in [-0.15, -0.1) is 0 Å². The van der Waals surface area contributed by atoms with Crippen molar-refractivity contribution >= 4 is 12.0 Å². The molecule has 1 N–H and O–H groups in total. The van der Waals surface area contributed by atoms with Crippen LogP contribution in [0.1, 0.15) is 17.2 Å². The van der Waals surface area contributed by atoms with E-state index >= 15 is 0 Å². The fourth-order valence-corrected chi connectivity index (χ4v) is 3.28. The summed E-state index contributed by atoms with van der Waals surface area (Å²) in [6, 6.07) is 15.5. The Balaban J connectivity index is 1.70. The lowest BCUT2D eigenvalue weighted by molar-refractivity contribution is -0.117. The number of benzene rings is 2. The SMILES string of the molecule is COc1cc(/C=C/C(=O)NC(CN2CCOCC2)c2ccccc2)cc(OC)c1. The highest BCUT2D eigenvalue weighted by Crippen LogP contribution is 2.23. The summed E-state index contributed by atoms with van der Waals surface area (Å²) in [5, 5.41) is 3.14. The molecule has 0 radical (unpaired) electrons. The second kappa shape index (κ2) is 10.6.